The highest BCUT2D eigenvalue weighted by molar-refractivity contribution is 5.01. The molecule has 2 heteroatoms. The lowest BCUT2D eigenvalue weighted by molar-refractivity contribution is -0.128. The van der Waals surface area contributed by atoms with E-state index in [9.17, 15) is 5.11 Å². The fourth-order valence-corrected chi connectivity index (χ4v) is 3.77. The van der Waals surface area contributed by atoms with Gasteiger partial charge in [0.2, 0.25) is 0 Å². The molecule has 15 heavy (non-hydrogen) atoms. The Hall–Kier alpha value is -0.0800. The van der Waals surface area contributed by atoms with Crippen LogP contribution in [0.3, 0.4) is 0 Å². The molecule has 2 rings (SSSR count). The van der Waals surface area contributed by atoms with Gasteiger partial charge in [-0.3, -0.25) is 0 Å². The normalized spacial score (nSPS) is 47.6. The van der Waals surface area contributed by atoms with Gasteiger partial charge in [-0.25, -0.2) is 0 Å². The molecule has 0 aromatic carbocycles. The summed E-state index contributed by atoms with van der Waals surface area (Å²) >= 11 is 0. The lowest BCUT2D eigenvalue weighted by Crippen LogP contribution is -2.60. The molecule has 1 N–H and O–H groups in total. The quantitative estimate of drug-likeness (QED) is 0.720. The SMILES string of the molecule is CC[C@]1(O)C[C@@H](C)N(C)[C@H]2CCCC[C@@H]21. The van der Waals surface area contributed by atoms with Gasteiger partial charge in [0.25, 0.3) is 0 Å². The van der Waals surface area contributed by atoms with E-state index in [1.807, 2.05) is 0 Å². The first-order valence-corrected chi connectivity index (χ1v) is 6.53. The largest absolute Gasteiger partial charge is 0.389 e. The number of hydrogen-bond acceptors (Lipinski definition) is 2. The second-order valence-corrected chi connectivity index (χ2v) is 5.63. The zero-order valence-electron chi connectivity index (χ0n) is 10.4. The third-order valence-corrected chi connectivity index (χ3v) is 4.90. The maximum atomic E-state index is 10.7. The molecule has 1 aliphatic heterocycles. The van der Waals surface area contributed by atoms with Gasteiger partial charge in [-0.15, -0.1) is 0 Å². The van der Waals surface area contributed by atoms with Gasteiger partial charge in [0.1, 0.15) is 0 Å². The van der Waals surface area contributed by atoms with Crippen LogP contribution < -0.4 is 0 Å². The molecule has 0 bridgehead atoms. The molecule has 0 amide bonds. The highest BCUT2D eigenvalue weighted by Gasteiger charge is 2.48. The van der Waals surface area contributed by atoms with Gasteiger partial charge in [0.15, 0.2) is 0 Å². The first-order valence-electron chi connectivity index (χ1n) is 6.53. The van der Waals surface area contributed by atoms with Crippen molar-refractivity contribution in [3.05, 3.63) is 0 Å². The first-order chi connectivity index (χ1) is 7.08. The molecule has 0 aromatic rings. The van der Waals surface area contributed by atoms with Crippen molar-refractivity contribution < 1.29 is 5.11 Å². The topological polar surface area (TPSA) is 23.5 Å². The Kier molecular flexibility index (Phi) is 3.09. The van der Waals surface area contributed by atoms with Gasteiger partial charge in [-0.1, -0.05) is 19.8 Å². The lowest BCUT2D eigenvalue weighted by Gasteiger charge is -2.54. The van der Waals surface area contributed by atoms with Gasteiger partial charge in [0.05, 0.1) is 5.60 Å². The van der Waals surface area contributed by atoms with Crippen LogP contribution in [-0.4, -0.2) is 34.7 Å². The van der Waals surface area contributed by atoms with E-state index in [1.54, 1.807) is 0 Å². The summed E-state index contributed by atoms with van der Waals surface area (Å²) in [6.45, 7) is 4.40. The fraction of sp³-hybridized carbons (Fsp3) is 1.00. The van der Waals surface area contributed by atoms with Gasteiger partial charge >= 0.3 is 0 Å². The Labute approximate surface area is 93.7 Å². The zero-order valence-corrected chi connectivity index (χ0v) is 10.4. The predicted octanol–water partition coefficient (Wildman–Crippen LogP) is 2.41. The predicted molar refractivity (Wildman–Crippen MR) is 62.8 cm³/mol. The molecule has 0 aromatic heterocycles. The van der Waals surface area contributed by atoms with Crippen LogP contribution in [0.4, 0.5) is 0 Å². The summed E-state index contributed by atoms with van der Waals surface area (Å²) in [5.74, 6) is 0.525. The number of aliphatic hydroxyl groups is 1. The molecular formula is C13H25NO. The second-order valence-electron chi connectivity index (χ2n) is 5.63. The highest BCUT2D eigenvalue weighted by atomic mass is 16.3. The van der Waals surface area contributed by atoms with E-state index in [2.05, 4.69) is 25.8 Å². The Morgan fingerprint density at radius 3 is 2.67 bits per heavy atom. The molecule has 0 spiro atoms. The Morgan fingerprint density at radius 2 is 2.00 bits per heavy atom. The van der Waals surface area contributed by atoms with E-state index in [-0.39, 0.29) is 5.60 Å². The van der Waals surface area contributed by atoms with Crippen LogP contribution in [0.5, 0.6) is 0 Å². The average molecular weight is 211 g/mol. The summed E-state index contributed by atoms with van der Waals surface area (Å²) < 4.78 is 0. The molecule has 4 atom stereocenters. The Balaban J connectivity index is 2.22. The summed E-state index contributed by atoms with van der Waals surface area (Å²) in [4.78, 5) is 2.51. The molecule has 0 unspecified atom stereocenters. The van der Waals surface area contributed by atoms with Crippen molar-refractivity contribution in [2.75, 3.05) is 7.05 Å². The summed E-state index contributed by atoms with van der Waals surface area (Å²) in [7, 11) is 2.24. The van der Waals surface area contributed by atoms with E-state index in [4.69, 9.17) is 0 Å². The monoisotopic (exact) mass is 211 g/mol. The van der Waals surface area contributed by atoms with E-state index < -0.39 is 0 Å². The van der Waals surface area contributed by atoms with Crippen LogP contribution in [-0.2, 0) is 0 Å². The van der Waals surface area contributed by atoms with Crippen molar-refractivity contribution >= 4 is 0 Å². The van der Waals surface area contributed by atoms with E-state index in [1.165, 1.54) is 25.7 Å². The molecule has 2 aliphatic rings. The van der Waals surface area contributed by atoms with Crippen LogP contribution in [0.15, 0.2) is 0 Å². The molecule has 88 valence electrons. The van der Waals surface area contributed by atoms with E-state index in [0.717, 1.165) is 12.8 Å². The third-order valence-electron chi connectivity index (χ3n) is 4.90. The van der Waals surface area contributed by atoms with Crippen molar-refractivity contribution in [2.24, 2.45) is 5.92 Å². The third kappa shape index (κ3) is 1.83. The standard InChI is InChI=1S/C13H25NO/c1-4-13(15)9-10(2)14(3)12-8-6-5-7-11(12)13/h10-12,15H,4-9H2,1-3H3/t10-,11+,12+,13+/m1/s1. The Bertz CT molecular complexity index is 231. The summed E-state index contributed by atoms with van der Waals surface area (Å²) in [6.07, 6.45) is 7.05. The molecular weight excluding hydrogens is 186 g/mol. The van der Waals surface area contributed by atoms with Crippen LogP contribution in [0.25, 0.3) is 0 Å². The Morgan fingerprint density at radius 1 is 1.33 bits per heavy atom. The van der Waals surface area contributed by atoms with Gasteiger partial charge in [-0.2, -0.15) is 0 Å². The van der Waals surface area contributed by atoms with Crippen LogP contribution in [0, 0.1) is 5.92 Å². The maximum Gasteiger partial charge on any atom is 0.0702 e. The number of rotatable bonds is 1. The van der Waals surface area contributed by atoms with Crippen molar-refractivity contribution in [1.29, 1.82) is 0 Å². The van der Waals surface area contributed by atoms with Crippen molar-refractivity contribution in [3.63, 3.8) is 0 Å². The highest BCUT2D eigenvalue weighted by Crippen LogP contribution is 2.44. The van der Waals surface area contributed by atoms with Gasteiger partial charge in [-0.05, 0) is 39.7 Å². The molecule has 2 fully saturated rings. The summed E-state index contributed by atoms with van der Waals surface area (Å²) in [5, 5.41) is 10.7. The second kappa shape index (κ2) is 4.06. The van der Waals surface area contributed by atoms with E-state index in [0.29, 0.717) is 18.0 Å². The van der Waals surface area contributed by atoms with Crippen LogP contribution in [0.2, 0.25) is 0 Å². The van der Waals surface area contributed by atoms with Gasteiger partial charge < -0.3 is 10.0 Å². The fourth-order valence-electron chi connectivity index (χ4n) is 3.77. The van der Waals surface area contributed by atoms with Crippen LogP contribution in [0.1, 0.15) is 52.4 Å². The molecule has 2 nitrogen and oxygen atoms in total. The molecule has 1 heterocycles. The lowest BCUT2D eigenvalue weighted by atomic mass is 9.66. The van der Waals surface area contributed by atoms with Gasteiger partial charge in [0, 0.05) is 18.0 Å². The van der Waals surface area contributed by atoms with Crippen molar-refractivity contribution in [1.82, 2.24) is 4.90 Å². The van der Waals surface area contributed by atoms with Crippen molar-refractivity contribution in [3.8, 4) is 0 Å². The van der Waals surface area contributed by atoms with Crippen molar-refractivity contribution in [2.45, 2.75) is 70.1 Å². The number of fused-ring (bicyclic) bond motifs is 1. The number of piperidine rings is 1. The summed E-state index contributed by atoms with van der Waals surface area (Å²) in [5.41, 5.74) is -0.378. The molecule has 1 saturated heterocycles. The zero-order chi connectivity index (χ0) is 11.1. The number of likely N-dealkylation sites (tertiary alicyclic amines) is 1. The van der Waals surface area contributed by atoms with Crippen LogP contribution >= 0.6 is 0 Å². The molecule has 1 saturated carbocycles. The number of hydrogen-bond donors (Lipinski definition) is 1. The minimum Gasteiger partial charge on any atom is -0.389 e. The number of nitrogens with zero attached hydrogens (tertiary/aromatic N) is 1. The first kappa shape index (κ1) is 11.4. The minimum absolute atomic E-state index is 0.378. The summed E-state index contributed by atoms with van der Waals surface area (Å²) in [6, 6.07) is 1.17. The molecule has 0 radical (unpaired) electrons. The minimum atomic E-state index is -0.378. The smallest absolute Gasteiger partial charge is 0.0702 e. The van der Waals surface area contributed by atoms with E-state index >= 15 is 0 Å². The maximum absolute atomic E-state index is 10.7. The molecule has 1 aliphatic carbocycles. The average Bonchev–Trinajstić information content (AvgIpc) is 2.26.